The minimum atomic E-state index is 0.465. The predicted molar refractivity (Wildman–Crippen MR) is 73.7 cm³/mol. The monoisotopic (exact) mass is 259 g/mol. The summed E-state index contributed by atoms with van der Waals surface area (Å²) in [4.78, 5) is 0. The summed E-state index contributed by atoms with van der Waals surface area (Å²) in [7, 11) is 0. The molecule has 0 amide bonds. The molecule has 1 aromatic rings. The second-order valence-corrected chi connectivity index (χ2v) is 4.83. The third-order valence-electron chi connectivity index (χ3n) is 2.59. The van der Waals surface area contributed by atoms with Gasteiger partial charge in [-0.15, -0.1) is 0 Å². The highest BCUT2D eigenvalue weighted by Gasteiger charge is 2.11. The molecular formula is C13H19Cl2N. The second-order valence-electron chi connectivity index (χ2n) is 4.02. The van der Waals surface area contributed by atoms with Crippen molar-refractivity contribution >= 4 is 28.9 Å². The van der Waals surface area contributed by atoms with Gasteiger partial charge in [0.2, 0.25) is 0 Å². The Kier molecular flexibility index (Phi) is 6.00. The van der Waals surface area contributed by atoms with Crippen LogP contribution in [0.4, 0.5) is 5.69 Å². The number of rotatable bonds is 6. The van der Waals surface area contributed by atoms with E-state index >= 15 is 0 Å². The zero-order valence-electron chi connectivity index (χ0n) is 9.89. The molecule has 0 bridgehead atoms. The first-order chi connectivity index (χ1) is 7.69. The van der Waals surface area contributed by atoms with Crippen LogP contribution < -0.4 is 5.32 Å². The van der Waals surface area contributed by atoms with Gasteiger partial charge >= 0.3 is 0 Å². The molecule has 0 saturated carbocycles. The van der Waals surface area contributed by atoms with E-state index in [0.29, 0.717) is 16.1 Å². The average molecular weight is 260 g/mol. The van der Waals surface area contributed by atoms with E-state index in [-0.39, 0.29) is 0 Å². The zero-order chi connectivity index (χ0) is 12.0. The smallest absolute Gasteiger partial charge is 0.0721 e. The quantitative estimate of drug-likeness (QED) is 0.724. The van der Waals surface area contributed by atoms with Gasteiger partial charge < -0.3 is 5.32 Å². The first-order valence-corrected chi connectivity index (χ1v) is 6.65. The van der Waals surface area contributed by atoms with Crippen LogP contribution in [0.1, 0.15) is 39.5 Å². The molecule has 1 N–H and O–H groups in total. The summed E-state index contributed by atoms with van der Waals surface area (Å²) in [5.74, 6) is 0. The molecule has 3 heteroatoms. The van der Waals surface area contributed by atoms with Crippen molar-refractivity contribution in [1.29, 1.82) is 0 Å². The van der Waals surface area contributed by atoms with Gasteiger partial charge in [-0.3, -0.25) is 0 Å². The van der Waals surface area contributed by atoms with Crippen LogP contribution in [0.3, 0.4) is 0 Å². The van der Waals surface area contributed by atoms with Crippen molar-refractivity contribution in [2.45, 2.75) is 45.6 Å². The van der Waals surface area contributed by atoms with Gasteiger partial charge in [-0.2, -0.15) is 0 Å². The molecule has 0 aliphatic rings. The average Bonchev–Trinajstić information content (AvgIpc) is 2.24. The number of benzene rings is 1. The van der Waals surface area contributed by atoms with Gasteiger partial charge in [0.1, 0.15) is 0 Å². The third-order valence-corrected chi connectivity index (χ3v) is 3.22. The molecular weight excluding hydrogens is 241 g/mol. The Labute approximate surface area is 108 Å². The van der Waals surface area contributed by atoms with Crippen LogP contribution in [-0.2, 0) is 0 Å². The van der Waals surface area contributed by atoms with E-state index in [0.717, 1.165) is 18.5 Å². The van der Waals surface area contributed by atoms with Crippen LogP contribution in [0.25, 0.3) is 0 Å². The van der Waals surface area contributed by atoms with Crippen LogP contribution in [0, 0.1) is 0 Å². The highest BCUT2D eigenvalue weighted by Crippen LogP contribution is 2.31. The molecule has 1 aromatic carbocycles. The van der Waals surface area contributed by atoms with Crippen molar-refractivity contribution in [3.63, 3.8) is 0 Å². The summed E-state index contributed by atoms with van der Waals surface area (Å²) < 4.78 is 0. The molecule has 90 valence electrons. The highest BCUT2D eigenvalue weighted by atomic mass is 35.5. The Balaban J connectivity index is 2.76. The van der Waals surface area contributed by atoms with Gasteiger partial charge in [0.15, 0.2) is 0 Å². The summed E-state index contributed by atoms with van der Waals surface area (Å²) in [6, 6.07) is 6.06. The third kappa shape index (κ3) is 3.88. The number of halogens is 2. The molecule has 0 aromatic heterocycles. The Hall–Kier alpha value is -0.400. The maximum atomic E-state index is 6.13. The Morgan fingerprint density at radius 2 is 1.56 bits per heavy atom. The zero-order valence-corrected chi connectivity index (χ0v) is 11.4. The van der Waals surface area contributed by atoms with Crippen LogP contribution in [0.2, 0.25) is 10.0 Å². The van der Waals surface area contributed by atoms with Crippen LogP contribution in [0.15, 0.2) is 18.2 Å². The SMILES string of the molecule is CCCC(CCC)Nc1c(Cl)cccc1Cl. The summed E-state index contributed by atoms with van der Waals surface area (Å²) in [5.41, 5.74) is 0.873. The van der Waals surface area contributed by atoms with E-state index in [9.17, 15) is 0 Å². The van der Waals surface area contributed by atoms with E-state index < -0.39 is 0 Å². The highest BCUT2D eigenvalue weighted by molar-refractivity contribution is 6.39. The topological polar surface area (TPSA) is 12.0 Å². The lowest BCUT2D eigenvalue weighted by Gasteiger charge is -2.20. The lowest BCUT2D eigenvalue weighted by molar-refractivity contribution is 0.586. The van der Waals surface area contributed by atoms with E-state index in [4.69, 9.17) is 23.2 Å². The molecule has 0 aliphatic carbocycles. The Bertz CT molecular complexity index is 299. The van der Waals surface area contributed by atoms with Crippen molar-refractivity contribution in [3.05, 3.63) is 28.2 Å². The molecule has 1 rings (SSSR count). The summed E-state index contributed by atoms with van der Waals surface area (Å²) in [6.45, 7) is 4.39. The van der Waals surface area contributed by atoms with Gasteiger partial charge in [0.05, 0.1) is 15.7 Å². The molecule has 0 aliphatic heterocycles. The number of anilines is 1. The van der Waals surface area contributed by atoms with Crippen LogP contribution >= 0.6 is 23.2 Å². The molecule has 0 saturated heterocycles. The Morgan fingerprint density at radius 3 is 2.00 bits per heavy atom. The lowest BCUT2D eigenvalue weighted by atomic mass is 10.1. The van der Waals surface area contributed by atoms with E-state index in [1.807, 2.05) is 18.2 Å². The molecule has 16 heavy (non-hydrogen) atoms. The molecule has 0 spiro atoms. The standard InChI is InChI=1S/C13H19Cl2N/c1-3-6-10(7-4-2)16-13-11(14)8-5-9-12(13)15/h5,8-10,16H,3-4,6-7H2,1-2H3. The number of nitrogens with one attached hydrogen (secondary N) is 1. The summed E-state index contributed by atoms with van der Waals surface area (Å²) in [6.07, 6.45) is 4.63. The molecule has 0 fully saturated rings. The van der Waals surface area contributed by atoms with E-state index in [1.165, 1.54) is 12.8 Å². The summed E-state index contributed by atoms with van der Waals surface area (Å²) in [5, 5.41) is 4.85. The van der Waals surface area contributed by atoms with Crippen molar-refractivity contribution in [2.24, 2.45) is 0 Å². The van der Waals surface area contributed by atoms with Gasteiger partial charge in [-0.05, 0) is 25.0 Å². The van der Waals surface area contributed by atoms with Crippen molar-refractivity contribution in [3.8, 4) is 0 Å². The maximum absolute atomic E-state index is 6.13. The summed E-state index contributed by atoms with van der Waals surface area (Å²) >= 11 is 12.3. The molecule has 0 unspecified atom stereocenters. The first-order valence-electron chi connectivity index (χ1n) is 5.89. The fourth-order valence-corrected chi connectivity index (χ4v) is 2.33. The van der Waals surface area contributed by atoms with E-state index in [2.05, 4.69) is 19.2 Å². The van der Waals surface area contributed by atoms with Crippen LogP contribution in [-0.4, -0.2) is 6.04 Å². The number of para-hydroxylation sites is 1. The fourth-order valence-electron chi connectivity index (χ4n) is 1.83. The fraction of sp³-hybridized carbons (Fsp3) is 0.538. The van der Waals surface area contributed by atoms with Gasteiger partial charge in [-0.25, -0.2) is 0 Å². The minimum absolute atomic E-state index is 0.465. The normalized spacial score (nSPS) is 10.8. The first kappa shape index (κ1) is 13.7. The van der Waals surface area contributed by atoms with Crippen molar-refractivity contribution < 1.29 is 0 Å². The lowest BCUT2D eigenvalue weighted by Crippen LogP contribution is -2.19. The van der Waals surface area contributed by atoms with Gasteiger partial charge in [0.25, 0.3) is 0 Å². The Morgan fingerprint density at radius 1 is 1.06 bits per heavy atom. The van der Waals surface area contributed by atoms with Crippen molar-refractivity contribution in [1.82, 2.24) is 0 Å². The molecule has 0 radical (unpaired) electrons. The maximum Gasteiger partial charge on any atom is 0.0721 e. The molecule has 1 nitrogen and oxygen atoms in total. The number of hydrogen-bond donors (Lipinski definition) is 1. The predicted octanol–water partition coefficient (Wildman–Crippen LogP) is 5.37. The molecule has 0 heterocycles. The number of hydrogen-bond acceptors (Lipinski definition) is 1. The van der Waals surface area contributed by atoms with Crippen LogP contribution in [0.5, 0.6) is 0 Å². The van der Waals surface area contributed by atoms with Gasteiger partial charge in [0, 0.05) is 6.04 Å². The largest absolute Gasteiger partial charge is 0.380 e. The van der Waals surface area contributed by atoms with E-state index in [1.54, 1.807) is 0 Å². The van der Waals surface area contributed by atoms with Gasteiger partial charge in [-0.1, -0.05) is 56.0 Å². The minimum Gasteiger partial charge on any atom is -0.380 e. The molecule has 0 atom stereocenters. The van der Waals surface area contributed by atoms with Crippen molar-refractivity contribution in [2.75, 3.05) is 5.32 Å². The second kappa shape index (κ2) is 7.03.